The number of esters is 2. The monoisotopic (exact) mass is 991 g/mol. The molecule has 0 aliphatic carbocycles. The van der Waals surface area contributed by atoms with Gasteiger partial charge in [-0.05, 0) is 57.8 Å². The molecule has 0 saturated heterocycles. The highest BCUT2D eigenvalue weighted by Gasteiger charge is 2.27. The van der Waals surface area contributed by atoms with Crippen molar-refractivity contribution in [3.63, 3.8) is 0 Å². The molecule has 9 nitrogen and oxygen atoms in total. The number of unbranched alkanes of at least 4 members (excludes halogenated alkanes) is 28. The molecule has 1 N–H and O–H groups in total. The predicted molar refractivity (Wildman–Crippen MR) is 293 cm³/mol. The summed E-state index contributed by atoms with van der Waals surface area (Å²) in [5, 5.41) is 0. The Hall–Kier alpha value is -2.29. The Balaban J connectivity index is 4.07. The number of allylic oxidation sites excluding steroid dienone is 10. The first kappa shape index (κ1) is 66.7. The smallest absolute Gasteiger partial charge is 0.462 e. The lowest BCUT2D eigenvalue weighted by Gasteiger charge is -2.24. The van der Waals surface area contributed by atoms with Crippen molar-refractivity contribution in [2.24, 2.45) is 0 Å². The van der Waals surface area contributed by atoms with E-state index in [1.54, 1.807) is 0 Å². The van der Waals surface area contributed by atoms with Crippen LogP contribution in [0.15, 0.2) is 60.8 Å². The summed E-state index contributed by atoms with van der Waals surface area (Å²) < 4.78 is 34.5. The Bertz CT molecular complexity index is 1350. The molecule has 2 unspecified atom stereocenters. The van der Waals surface area contributed by atoms with Crippen LogP contribution in [0.25, 0.3) is 0 Å². The molecule has 0 fully saturated rings. The fourth-order valence-electron chi connectivity index (χ4n) is 7.93. The number of quaternary nitrogens is 1. The highest BCUT2D eigenvalue weighted by atomic mass is 31.2. The van der Waals surface area contributed by atoms with Gasteiger partial charge in [-0.15, -0.1) is 0 Å². The van der Waals surface area contributed by atoms with Crippen LogP contribution in [0, 0.1) is 0 Å². The van der Waals surface area contributed by atoms with E-state index in [2.05, 4.69) is 74.6 Å². The van der Waals surface area contributed by atoms with Crippen LogP contribution in [-0.4, -0.2) is 74.9 Å². The van der Waals surface area contributed by atoms with Crippen LogP contribution in [0.1, 0.15) is 251 Å². The maximum Gasteiger partial charge on any atom is 0.472 e. The summed E-state index contributed by atoms with van der Waals surface area (Å²) in [6, 6.07) is 0. The molecule has 2 atom stereocenters. The van der Waals surface area contributed by atoms with Gasteiger partial charge in [0.15, 0.2) is 6.10 Å². The maximum absolute atomic E-state index is 12.8. The van der Waals surface area contributed by atoms with Gasteiger partial charge < -0.3 is 18.9 Å². The average Bonchev–Trinajstić information content (AvgIpc) is 3.31. The Morgan fingerprint density at radius 3 is 1.23 bits per heavy atom. The minimum absolute atomic E-state index is 0.0323. The van der Waals surface area contributed by atoms with Crippen molar-refractivity contribution in [2.45, 2.75) is 258 Å². The van der Waals surface area contributed by atoms with Crippen LogP contribution in [0.4, 0.5) is 0 Å². The van der Waals surface area contributed by atoms with Crippen molar-refractivity contribution in [3.8, 4) is 0 Å². The lowest BCUT2D eigenvalue weighted by molar-refractivity contribution is -0.870. The number of carbonyl (C=O) groups is 2. The van der Waals surface area contributed by atoms with Crippen molar-refractivity contribution >= 4 is 19.8 Å². The quantitative estimate of drug-likeness (QED) is 0.0211. The van der Waals surface area contributed by atoms with E-state index in [1.807, 2.05) is 21.1 Å². The number of nitrogens with zero attached hydrogens (tertiary/aromatic N) is 1. The lowest BCUT2D eigenvalue weighted by Crippen LogP contribution is -2.37. The number of hydrogen-bond acceptors (Lipinski definition) is 7. The Morgan fingerprint density at radius 2 is 0.826 bits per heavy atom. The molecule has 0 radical (unpaired) electrons. The van der Waals surface area contributed by atoms with Crippen LogP contribution in [0.3, 0.4) is 0 Å². The van der Waals surface area contributed by atoms with E-state index in [-0.39, 0.29) is 25.6 Å². The molecule has 0 heterocycles. The zero-order valence-electron chi connectivity index (χ0n) is 45.5. The van der Waals surface area contributed by atoms with Gasteiger partial charge in [-0.1, -0.05) is 242 Å². The van der Waals surface area contributed by atoms with Crippen LogP contribution in [-0.2, 0) is 32.7 Å². The van der Waals surface area contributed by atoms with Gasteiger partial charge in [0.1, 0.15) is 19.8 Å². The zero-order chi connectivity index (χ0) is 50.6. The molecular formula is C59H109NO8P+. The standard InChI is InChI=1S/C59H108NO8P/c1-6-8-10-12-14-16-18-20-22-23-24-25-26-27-28-29-30-31-32-33-34-35-36-37-38-40-42-44-46-48-50-52-59(62)68-57(56-67-69(63,64)66-54-53-60(3,4)5)55-65-58(61)51-49-47-45-43-41-39-21-19-17-15-13-11-9-7-2/h8,10,14,16,20,22,24-25,27-28,57H,6-7,9,11-13,15,17-19,21,23,26,29-56H2,1-5H3/p+1/b10-8-,16-14-,22-20-,25-24-,28-27-. The molecule has 0 rings (SSSR count). The predicted octanol–water partition coefficient (Wildman–Crippen LogP) is 17.5. The van der Waals surface area contributed by atoms with E-state index in [9.17, 15) is 19.0 Å². The maximum atomic E-state index is 12.8. The minimum atomic E-state index is -4.38. The highest BCUT2D eigenvalue weighted by molar-refractivity contribution is 7.47. The normalized spacial score (nSPS) is 13.8. The molecule has 0 amide bonds. The fraction of sp³-hybridized carbons (Fsp3) is 0.797. The molecule has 0 aliphatic heterocycles. The number of hydrogen-bond donors (Lipinski definition) is 1. The van der Waals surface area contributed by atoms with Crippen LogP contribution in [0.2, 0.25) is 0 Å². The van der Waals surface area contributed by atoms with Gasteiger partial charge >= 0.3 is 19.8 Å². The third-order valence-corrected chi connectivity index (χ3v) is 13.3. The highest BCUT2D eigenvalue weighted by Crippen LogP contribution is 2.43. The van der Waals surface area contributed by atoms with Crippen molar-refractivity contribution < 1.29 is 42.1 Å². The zero-order valence-corrected chi connectivity index (χ0v) is 46.4. The summed E-state index contributed by atoms with van der Waals surface area (Å²) in [4.78, 5) is 35.6. The topological polar surface area (TPSA) is 108 Å². The SMILES string of the molecule is CC/C=C\C/C=C\C/C=C\C/C=C\C/C=C\CCCCCCCCCCCCCCCCCC(=O)OC(COC(=O)CCCCCCCCCCCCCCCC)COP(=O)(O)OCC[N+](C)(C)C. The summed E-state index contributed by atoms with van der Waals surface area (Å²) in [6.45, 7) is 4.34. The van der Waals surface area contributed by atoms with E-state index in [4.69, 9.17) is 18.5 Å². The second-order valence-corrected chi connectivity index (χ2v) is 21.8. The third-order valence-electron chi connectivity index (χ3n) is 12.3. The van der Waals surface area contributed by atoms with Crippen molar-refractivity contribution in [1.29, 1.82) is 0 Å². The number of phosphoric ester groups is 1. The second kappa shape index (κ2) is 50.6. The molecule has 0 aromatic heterocycles. The first-order valence-corrected chi connectivity index (χ1v) is 30.0. The van der Waals surface area contributed by atoms with Gasteiger partial charge in [-0.25, -0.2) is 4.57 Å². The van der Waals surface area contributed by atoms with E-state index in [0.29, 0.717) is 23.9 Å². The number of carbonyl (C=O) groups excluding carboxylic acids is 2. The van der Waals surface area contributed by atoms with Gasteiger partial charge in [0, 0.05) is 12.8 Å². The molecule has 0 saturated carbocycles. The van der Waals surface area contributed by atoms with Gasteiger partial charge in [0.25, 0.3) is 0 Å². The molecule has 0 spiro atoms. The fourth-order valence-corrected chi connectivity index (χ4v) is 8.67. The molecule has 0 bridgehead atoms. The Labute approximate surface area is 426 Å². The third kappa shape index (κ3) is 54.9. The molecule has 0 aliphatic rings. The molecule has 0 aromatic carbocycles. The number of phosphoric acid groups is 1. The molecular weight excluding hydrogens is 882 g/mol. The van der Waals surface area contributed by atoms with Gasteiger partial charge in [-0.3, -0.25) is 18.6 Å². The van der Waals surface area contributed by atoms with E-state index in [0.717, 1.165) is 64.2 Å². The lowest BCUT2D eigenvalue weighted by atomic mass is 10.0. The summed E-state index contributed by atoms with van der Waals surface area (Å²) in [6.07, 6.45) is 64.3. The molecule has 402 valence electrons. The number of ether oxygens (including phenoxy) is 2. The van der Waals surface area contributed by atoms with Gasteiger partial charge in [0.2, 0.25) is 0 Å². The van der Waals surface area contributed by atoms with Crippen LogP contribution in [0.5, 0.6) is 0 Å². The number of rotatable bonds is 52. The molecule has 69 heavy (non-hydrogen) atoms. The van der Waals surface area contributed by atoms with Crippen molar-refractivity contribution in [1.82, 2.24) is 0 Å². The summed E-state index contributed by atoms with van der Waals surface area (Å²) in [5.41, 5.74) is 0. The minimum Gasteiger partial charge on any atom is -0.462 e. The van der Waals surface area contributed by atoms with Gasteiger partial charge in [-0.2, -0.15) is 0 Å². The van der Waals surface area contributed by atoms with E-state index >= 15 is 0 Å². The van der Waals surface area contributed by atoms with Crippen molar-refractivity contribution in [2.75, 3.05) is 47.5 Å². The summed E-state index contributed by atoms with van der Waals surface area (Å²) >= 11 is 0. The van der Waals surface area contributed by atoms with Crippen LogP contribution < -0.4 is 0 Å². The number of likely N-dealkylation sites (N-methyl/N-ethyl adjacent to an activating group) is 1. The second-order valence-electron chi connectivity index (χ2n) is 20.3. The first-order valence-electron chi connectivity index (χ1n) is 28.5. The first-order chi connectivity index (χ1) is 33.5. The molecule has 10 heteroatoms. The Morgan fingerprint density at radius 1 is 0.464 bits per heavy atom. The average molecular weight is 991 g/mol. The molecule has 0 aromatic rings. The largest absolute Gasteiger partial charge is 0.472 e. The van der Waals surface area contributed by atoms with Crippen LogP contribution >= 0.6 is 7.82 Å². The van der Waals surface area contributed by atoms with Crippen molar-refractivity contribution in [3.05, 3.63) is 60.8 Å². The Kier molecular flexibility index (Phi) is 49.0. The summed E-state index contributed by atoms with van der Waals surface area (Å²) in [7, 11) is 1.48. The van der Waals surface area contributed by atoms with E-state index in [1.165, 1.54) is 154 Å². The van der Waals surface area contributed by atoms with E-state index < -0.39 is 26.5 Å². The van der Waals surface area contributed by atoms with Gasteiger partial charge in [0.05, 0.1) is 27.7 Å². The summed E-state index contributed by atoms with van der Waals surface area (Å²) in [5.74, 6) is -0.789.